The van der Waals surface area contributed by atoms with Crippen molar-refractivity contribution in [1.82, 2.24) is 10.3 Å². The van der Waals surface area contributed by atoms with Crippen molar-refractivity contribution in [3.8, 4) is 0 Å². The molecular formula is C14H19N3O. The van der Waals surface area contributed by atoms with Gasteiger partial charge in [-0.25, -0.2) is 4.63 Å². The van der Waals surface area contributed by atoms with E-state index in [9.17, 15) is 0 Å². The maximum absolute atomic E-state index is 4.66. The molecule has 4 heteroatoms. The Morgan fingerprint density at radius 3 is 2.56 bits per heavy atom. The summed E-state index contributed by atoms with van der Waals surface area (Å²) in [5.74, 6) is 0. The molecule has 1 aromatic carbocycles. The molecule has 1 heterocycles. The second-order valence-electron chi connectivity index (χ2n) is 4.45. The maximum Gasteiger partial charge on any atom is 0.127 e. The van der Waals surface area contributed by atoms with Crippen LogP contribution in [-0.4, -0.2) is 10.3 Å². The molecule has 0 saturated heterocycles. The van der Waals surface area contributed by atoms with Gasteiger partial charge in [0.05, 0.1) is 6.54 Å². The number of aryl methyl sites for hydroxylation is 2. The summed E-state index contributed by atoms with van der Waals surface area (Å²) in [6.07, 6.45) is 3.64. The smallest absolute Gasteiger partial charge is 0.127 e. The van der Waals surface area contributed by atoms with Gasteiger partial charge in [0, 0.05) is 5.69 Å². The fraction of sp³-hybridized carbons (Fsp3) is 0.429. The van der Waals surface area contributed by atoms with Gasteiger partial charge in [-0.3, -0.25) is 0 Å². The van der Waals surface area contributed by atoms with E-state index in [2.05, 4.69) is 51.4 Å². The Morgan fingerprint density at radius 1 is 1.17 bits per heavy atom. The summed E-state index contributed by atoms with van der Waals surface area (Å²) < 4.78 is 4.66. The lowest BCUT2D eigenvalue weighted by Crippen LogP contribution is -2.01. The number of anilines is 1. The van der Waals surface area contributed by atoms with Gasteiger partial charge < -0.3 is 5.32 Å². The van der Waals surface area contributed by atoms with Crippen LogP contribution in [0.4, 0.5) is 5.69 Å². The van der Waals surface area contributed by atoms with E-state index in [1.807, 2.05) is 6.92 Å². The van der Waals surface area contributed by atoms with E-state index in [0.29, 0.717) is 6.54 Å². The SMILES string of the molecule is CCCCc1ccc(NCc2nonc2C)cc1. The number of aromatic nitrogens is 2. The standard InChI is InChI=1S/C14H19N3O/c1-3-4-5-12-6-8-13(9-7-12)15-10-14-11(2)16-18-17-14/h6-9,15H,3-5,10H2,1-2H3. The van der Waals surface area contributed by atoms with Crippen LogP contribution < -0.4 is 5.32 Å². The normalized spacial score (nSPS) is 10.6. The van der Waals surface area contributed by atoms with Crippen LogP contribution >= 0.6 is 0 Å². The summed E-state index contributed by atoms with van der Waals surface area (Å²) in [7, 11) is 0. The van der Waals surface area contributed by atoms with Crippen molar-refractivity contribution >= 4 is 5.69 Å². The third-order valence-electron chi connectivity index (χ3n) is 2.98. The van der Waals surface area contributed by atoms with Crippen molar-refractivity contribution in [2.75, 3.05) is 5.32 Å². The van der Waals surface area contributed by atoms with Gasteiger partial charge in [-0.15, -0.1) is 0 Å². The Morgan fingerprint density at radius 2 is 1.94 bits per heavy atom. The maximum atomic E-state index is 4.66. The van der Waals surface area contributed by atoms with Crippen molar-refractivity contribution in [3.05, 3.63) is 41.2 Å². The van der Waals surface area contributed by atoms with E-state index in [-0.39, 0.29) is 0 Å². The molecule has 0 radical (unpaired) electrons. The molecule has 96 valence electrons. The summed E-state index contributed by atoms with van der Waals surface area (Å²) in [4.78, 5) is 0. The van der Waals surface area contributed by atoms with Crippen LogP contribution in [0.25, 0.3) is 0 Å². The largest absolute Gasteiger partial charge is 0.379 e. The molecule has 1 N–H and O–H groups in total. The third-order valence-corrected chi connectivity index (χ3v) is 2.98. The Kier molecular flexibility index (Phi) is 4.34. The van der Waals surface area contributed by atoms with Gasteiger partial charge in [0.25, 0.3) is 0 Å². The zero-order valence-electron chi connectivity index (χ0n) is 10.9. The van der Waals surface area contributed by atoms with E-state index in [1.54, 1.807) is 0 Å². The van der Waals surface area contributed by atoms with Gasteiger partial charge in [0.2, 0.25) is 0 Å². The molecule has 0 aliphatic heterocycles. The minimum atomic E-state index is 0.642. The minimum Gasteiger partial charge on any atom is -0.379 e. The van der Waals surface area contributed by atoms with Gasteiger partial charge in [0.15, 0.2) is 0 Å². The fourth-order valence-electron chi connectivity index (χ4n) is 1.77. The zero-order chi connectivity index (χ0) is 12.8. The summed E-state index contributed by atoms with van der Waals surface area (Å²) in [5, 5.41) is 10.9. The molecule has 0 spiro atoms. The molecule has 0 bridgehead atoms. The number of rotatable bonds is 6. The molecule has 0 unspecified atom stereocenters. The van der Waals surface area contributed by atoms with Gasteiger partial charge in [0.1, 0.15) is 11.4 Å². The highest BCUT2D eigenvalue weighted by atomic mass is 16.6. The molecule has 2 rings (SSSR count). The lowest BCUT2D eigenvalue weighted by molar-refractivity contribution is 0.301. The highest BCUT2D eigenvalue weighted by molar-refractivity contribution is 5.44. The van der Waals surface area contributed by atoms with Crippen molar-refractivity contribution in [3.63, 3.8) is 0 Å². The summed E-state index contributed by atoms with van der Waals surface area (Å²) in [6.45, 7) is 4.75. The van der Waals surface area contributed by atoms with Crippen LogP contribution in [0.1, 0.15) is 36.7 Å². The molecule has 2 aromatic rings. The molecule has 0 fully saturated rings. The van der Waals surface area contributed by atoms with Crippen molar-refractivity contribution in [1.29, 1.82) is 0 Å². The predicted molar refractivity (Wildman–Crippen MR) is 71.4 cm³/mol. The first-order valence-electron chi connectivity index (χ1n) is 6.40. The fourth-order valence-corrected chi connectivity index (χ4v) is 1.77. The van der Waals surface area contributed by atoms with E-state index < -0.39 is 0 Å². The Labute approximate surface area is 107 Å². The number of hydrogen-bond acceptors (Lipinski definition) is 4. The van der Waals surface area contributed by atoms with Crippen LogP contribution in [0.5, 0.6) is 0 Å². The van der Waals surface area contributed by atoms with Crippen LogP contribution in [0.15, 0.2) is 28.9 Å². The quantitative estimate of drug-likeness (QED) is 0.848. The molecule has 0 saturated carbocycles. The first kappa shape index (κ1) is 12.6. The first-order valence-corrected chi connectivity index (χ1v) is 6.40. The highest BCUT2D eigenvalue weighted by Gasteiger charge is 2.04. The first-order chi connectivity index (χ1) is 8.79. The summed E-state index contributed by atoms with van der Waals surface area (Å²) in [5.41, 5.74) is 4.17. The van der Waals surface area contributed by atoms with Crippen LogP contribution in [0, 0.1) is 6.92 Å². The summed E-state index contributed by atoms with van der Waals surface area (Å²) in [6, 6.07) is 8.56. The third kappa shape index (κ3) is 3.32. The topological polar surface area (TPSA) is 51.0 Å². The van der Waals surface area contributed by atoms with E-state index in [1.165, 1.54) is 18.4 Å². The predicted octanol–water partition coefficient (Wildman–Crippen LogP) is 3.33. The van der Waals surface area contributed by atoms with E-state index in [0.717, 1.165) is 23.5 Å². The molecular weight excluding hydrogens is 226 g/mol. The molecule has 0 atom stereocenters. The van der Waals surface area contributed by atoms with Gasteiger partial charge in [-0.1, -0.05) is 35.8 Å². The van der Waals surface area contributed by atoms with Crippen molar-refractivity contribution in [2.45, 2.75) is 39.7 Å². The average molecular weight is 245 g/mol. The number of nitrogens with one attached hydrogen (secondary N) is 1. The second-order valence-corrected chi connectivity index (χ2v) is 4.45. The van der Waals surface area contributed by atoms with Crippen LogP contribution in [0.2, 0.25) is 0 Å². The Balaban J connectivity index is 1.88. The number of nitrogens with zero attached hydrogens (tertiary/aromatic N) is 2. The van der Waals surface area contributed by atoms with E-state index in [4.69, 9.17) is 0 Å². The lowest BCUT2D eigenvalue weighted by atomic mass is 10.1. The molecule has 18 heavy (non-hydrogen) atoms. The average Bonchev–Trinajstić information content (AvgIpc) is 2.81. The minimum absolute atomic E-state index is 0.642. The van der Waals surface area contributed by atoms with Gasteiger partial charge >= 0.3 is 0 Å². The van der Waals surface area contributed by atoms with Gasteiger partial charge in [-0.2, -0.15) is 0 Å². The lowest BCUT2D eigenvalue weighted by Gasteiger charge is -2.06. The van der Waals surface area contributed by atoms with Crippen LogP contribution in [0.3, 0.4) is 0 Å². The highest BCUT2D eigenvalue weighted by Crippen LogP contribution is 2.13. The van der Waals surface area contributed by atoms with Crippen molar-refractivity contribution in [2.24, 2.45) is 0 Å². The molecule has 0 aliphatic carbocycles. The zero-order valence-corrected chi connectivity index (χ0v) is 10.9. The van der Waals surface area contributed by atoms with Gasteiger partial charge in [-0.05, 0) is 37.5 Å². The molecule has 0 amide bonds. The summed E-state index contributed by atoms with van der Waals surface area (Å²) >= 11 is 0. The number of unbranched alkanes of at least 4 members (excludes halogenated alkanes) is 1. The molecule has 0 aliphatic rings. The Bertz CT molecular complexity index is 476. The molecule has 4 nitrogen and oxygen atoms in total. The monoisotopic (exact) mass is 245 g/mol. The van der Waals surface area contributed by atoms with Crippen molar-refractivity contribution < 1.29 is 4.63 Å². The number of hydrogen-bond donors (Lipinski definition) is 1. The Hall–Kier alpha value is -1.84. The molecule has 1 aromatic heterocycles. The van der Waals surface area contributed by atoms with E-state index >= 15 is 0 Å². The number of benzene rings is 1. The van der Waals surface area contributed by atoms with Crippen LogP contribution in [-0.2, 0) is 13.0 Å². The second kappa shape index (κ2) is 6.19.